The molecule has 0 unspecified atom stereocenters. The van der Waals surface area contributed by atoms with E-state index in [1.807, 2.05) is 19.2 Å². The van der Waals surface area contributed by atoms with Gasteiger partial charge < -0.3 is 20.8 Å². The predicted molar refractivity (Wildman–Crippen MR) is 121 cm³/mol. The quantitative estimate of drug-likeness (QED) is 0.386. The Morgan fingerprint density at radius 3 is 2.66 bits per heavy atom. The van der Waals surface area contributed by atoms with Gasteiger partial charge in [-0.15, -0.1) is 0 Å². The van der Waals surface area contributed by atoms with Crippen LogP contribution in [0.5, 0.6) is 0 Å². The summed E-state index contributed by atoms with van der Waals surface area (Å²) in [6.07, 6.45) is 12.0. The average Bonchev–Trinajstić information content (AvgIpc) is 3.61. The van der Waals surface area contributed by atoms with Crippen LogP contribution in [0.2, 0.25) is 0 Å². The number of carbonyl (C=O) groups is 1. The van der Waals surface area contributed by atoms with Crippen LogP contribution in [0.1, 0.15) is 74.5 Å². The van der Waals surface area contributed by atoms with Crippen LogP contribution in [0.4, 0.5) is 0 Å². The van der Waals surface area contributed by atoms with E-state index in [9.17, 15) is 10.0 Å². The summed E-state index contributed by atoms with van der Waals surface area (Å²) in [6, 6.07) is 5.65. The zero-order valence-electron chi connectivity index (χ0n) is 18.9. The minimum atomic E-state index is -0.422. The molecular weight excluding hydrogens is 404 g/mol. The van der Waals surface area contributed by atoms with E-state index in [0.29, 0.717) is 41.3 Å². The van der Waals surface area contributed by atoms with Crippen LogP contribution in [0.25, 0.3) is 0 Å². The summed E-state index contributed by atoms with van der Waals surface area (Å²) in [4.78, 5) is 13.0. The van der Waals surface area contributed by atoms with Crippen LogP contribution in [0.15, 0.2) is 53.6 Å². The van der Waals surface area contributed by atoms with Gasteiger partial charge in [0.1, 0.15) is 5.76 Å². The lowest BCUT2D eigenvalue weighted by Gasteiger charge is -2.27. The Morgan fingerprint density at radius 2 is 1.97 bits per heavy atom. The number of hydrogen-bond donors (Lipinski definition) is 4. The zero-order valence-corrected chi connectivity index (χ0v) is 18.9. The normalized spacial score (nSPS) is 24.6. The Morgan fingerprint density at radius 1 is 1.22 bits per heavy atom. The molecule has 0 radical (unpaired) electrons. The lowest BCUT2D eigenvalue weighted by molar-refractivity contribution is -0.910. The highest BCUT2D eigenvalue weighted by Crippen LogP contribution is 2.38. The van der Waals surface area contributed by atoms with Crippen LogP contribution in [0.3, 0.4) is 0 Å². The minimum Gasteiger partial charge on any atom is -0.492 e. The van der Waals surface area contributed by atoms with Gasteiger partial charge in [0.05, 0.1) is 18.0 Å². The van der Waals surface area contributed by atoms with Crippen LogP contribution < -0.4 is 15.4 Å². The number of amides is 1. The van der Waals surface area contributed by atoms with Gasteiger partial charge in [-0.1, -0.05) is 6.92 Å². The third kappa shape index (κ3) is 5.03. The van der Waals surface area contributed by atoms with Gasteiger partial charge in [0.25, 0.3) is 0 Å². The highest BCUT2D eigenvalue weighted by molar-refractivity contribution is 6.10. The molecule has 4 N–H and O–H groups in total. The summed E-state index contributed by atoms with van der Waals surface area (Å²) in [6.45, 7) is 4.57. The van der Waals surface area contributed by atoms with Gasteiger partial charge in [0, 0.05) is 46.7 Å². The molecule has 2 fully saturated rings. The average molecular weight is 438 g/mol. The van der Waals surface area contributed by atoms with Crippen LogP contribution in [-0.4, -0.2) is 29.5 Å². The zero-order chi connectivity index (χ0) is 22.7. The lowest BCUT2D eigenvalue weighted by Crippen LogP contribution is -2.45. The molecule has 4 rings (SSSR count). The van der Waals surface area contributed by atoms with Crippen molar-refractivity contribution >= 4 is 11.6 Å². The fourth-order valence-corrected chi connectivity index (χ4v) is 4.29. The van der Waals surface area contributed by atoms with Crippen molar-refractivity contribution in [3.8, 4) is 0 Å². The summed E-state index contributed by atoms with van der Waals surface area (Å²) in [7, 11) is 0. The monoisotopic (exact) mass is 437 g/mol. The fourth-order valence-electron chi connectivity index (χ4n) is 4.29. The summed E-state index contributed by atoms with van der Waals surface area (Å²) in [5.74, 6) is 1.11. The lowest BCUT2D eigenvalue weighted by atomic mass is 9.87. The third-order valence-electron chi connectivity index (χ3n) is 6.41. The molecule has 1 amide bonds. The highest BCUT2D eigenvalue weighted by Gasteiger charge is 2.36. The second-order valence-electron chi connectivity index (χ2n) is 9.01. The molecule has 1 aromatic rings. The number of nitrogens with zero attached hydrogens (tertiary/aromatic N) is 1. The summed E-state index contributed by atoms with van der Waals surface area (Å²) in [5.41, 5.74) is 2.42. The maximum atomic E-state index is 13.0. The van der Waals surface area contributed by atoms with Crippen molar-refractivity contribution in [3.05, 3.63) is 65.0 Å². The standard InChI is InChI=1S/C25H32N4O3/c1-3-32-24-14-20(26)18(15-27-19-11-7-16(2)8-12-19)13-21(24)28-25(30)23-6-4-5-22(29(23)31)17-9-10-17/h4-6,13-17,19,26,30-31H,3,7-12H2,1-2H3/p+1/t16-,19-. The third-order valence-corrected chi connectivity index (χ3v) is 6.41. The molecule has 1 aromatic heterocycles. The van der Waals surface area contributed by atoms with Crippen molar-refractivity contribution in [2.45, 2.75) is 64.3 Å². The molecule has 0 bridgehead atoms. The maximum absolute atomic E-state index is 13.0. The number of pyridine rings is 1. The van der Waals surface area contributed by atoms with Gasteiger partial charge in [0.2, 0.25) is 5.69 Å². The van der Waals surface area contributed by atoms with E-state index >= 15 is 0 Å². The molecule has 3 aliphatic carbocycles. The molecule has 0 spiro atoms. The van der Waals surface area contributed by atoms with E-state index in [-0.39, 0.29) is 5.69 Å². The second-order valence-corrected chi connectivity index (χ2v) is 9.01. The minimum absolute atomic E-state index is 0.173. The summed E-state index contributed by atoms with van der Waals surface area (Å²) >= 11 is 0. The van der Waals surface area contributed by atoms with Gasteiger partial charge in [0.15, 0.2) is 0 Å². The first-order valence-electron chi connectivity index (χ1n) is 11.6. The number of carbonyl (C=O) groups excluding carboxylic acids is 1. The van der Waals surface area contributed by atoms with Gasteiger partial charge in [-0.3, -0.25) is 10.0 Å². The molecule has 170 valence electrons. The van der Waals surface area contributed by atoms with Crippen molar-refractivity contribution < 1.29 is 19.5 Å². The number of nitrogens with one attached hydrogen (secondary N) is 3. The number of hydrogen-bond acceptors (Lipinski definition) is 5. The highest BCUT2D eigenvalue weighted by atomic mass is 16.5. The molecule has 0 saturated heterocycles. The van der Waals surface area contributed by atoms with E-state index in [0.717, 1.165) is 42.0 Å². The van der Waals surface area contributed by atoms with E-state index in [2.05, 4.69) is 17.6 Å². The number of aromatic nitrogens is 1. The molecule has 3 aliphatic rings. The summed E-state index contributed by atoms with van der Waals surface area (Å²) < 4.78 is 6.67. The van der Waals surface area contributed by atoms with Crippen LogP contribution in [-0.2, 0) is 4.74 Å². The molecule has 2 saturated carbocycles. The molecule has 7 heteroatoms. The van der Waals surface area contributed by atoms with Crippen molar-refractivity contribution in [2.24, 2.45) is 5.92 Å². The molecular formula is C25H33N4O3+. The van der Waals surface area contributed by atoms with Gasteiger partial charge >= 0.3 is 11.6 Å². The maximum Gasteiger partial charge on any atom is 0.325 e. The molecule has 0 aliphatic heterocycles. The Kier molecular flexibility index (Phi) is 6.63. The number of ether oxygens (including phenoxy) is 1. The molecule has 0 atom stereocenters. The van der Waals surface area contributed by atoms with E-state index in [4.69, 9.17) is 10.1 Å². The first-order chi connectivity index (χ1) is 15.5. The number of rotatable bonds is 7. The predicted octanol–water partition coefficient (Wildman–Crippen LogP) is 3.71. The van der Waals surface area contributed by atoms with E-state index < -0.39 is 5.91 Å². The van der Waals surface area contributed by atoms with Crippen LogP contribution >= 0.6 is 0 Å². The second kappa shape index (κ2) is 9.59. The van der Waals surface area contributed by atoms with Crippen molar-refractivity contribution in [1.82, 2.24) is 10.6 Å². The van der Waals surface area contributed by atoms with Crippen LogP contribution in [0, 0.1) is 11.3 Å². The Bertz CT molecular complexity index is 983. The smallest absolute Gasteiger partial charge is 0.325 e. The first kappa shape index (κ1) is 22.1. The van der Waals surface area contributed by atoms with Gasteiger partial charge in [-0.05, 0) is 63.5 Å². The molecule has 1 heterocycles. The Balaban J connectivity index is 1.52. The molecule has 32 heavy (non-hydrogen) atoms. The topological polar surface area (TPSA) is 98.3 Å². The largest absolute Gasteiger partial charge is 0.492 e. The van der Waals surface area contributed by atoms with Crippen molar-refractivity contribution in [3.63, 3.8) is 0 Å². The SMILES string of the molecule is CCOC1=CC(=N)/C(=C\N[C@H]2CC[C@H](C)CC2)C=C1NC(=O)c1cccc(C2CC2)[n+]1O. The fraction of sp³-hybridized carbons (Fsp3) is 0.480. The molecule has 0 aromatic carbocycles. The van der Waals surface area contributed by atoms with Gasteiger partial charge in [-0.2, -0.15) is 0 Å². The number of allylic oxidation sites excluding steroid dienone is 3. The molecule has 7 nitrogen and oxygen atoms in total. The Labute approximate surface area is 189 Å². The Hall–Kier alpha value is -3.09. The van der Waals surface area contributed by atoms with Gasteiger partial charge in [-0.25, -0.2) is 0 Å². The van der Waals surface area contributed by atoms with Crippen molar-refractivity contribution in [2.75, 3.05) is 6.61 Å². The van der Waals surface area contributed by atoms with E-state index in [1.165, 1.54) is 12.8 Å². The van der Waals surface area contributed by atoms with Crippen molar-refractivity contribution in [1.29, 1.82) is 5.41 Å². The first-order valence-corrected chi connectivity index (χ1v) is 11.6. The van der Waals surface area contributed by atoms with E-state index in [1.54, 1.807) is 24.3 Å². The summed E-state index contributed by atoms with van der Waals surface area (Å²) in [5, 5.41) is 25.3.